The van der Waals surface area contributed by atoms with Crippen molar-refractivity contribution in [2.24, 2.45) is 0 Å². The van der Waals surface area contributed by atoms with Crippen LogP contribution in [-0.4, -0.2) is 5.60 Å². The average Bonchev–Trinajstić information content (AvgIpc) is 2.06. The van der Waals surface area contributed by atoms with Gasteiger partial charge in [0.05, 0.1) is 12.2 Å². The van der Waals surface area contributed by atoms with Crippen molar-refractivity contribution >= 4 is 21.6 Å². The molecule has 0 saturated heterocycles. The summed E-state index contributed by atoms with van der Waals surface area (Å²) in [6, 6.07) is 5.80. The standard InChI is InChI=1S/C11H16BrNO/c1-11(2,3)14-7-8-5-4-6-9(13)10(8)12/h4-6H,7,13H2,1-3H3. The zero-order valence-electron chi connectivity index (χ0n) is 8.80. The molecule has 0 bridgehead atoms. The summed E-state index contributed by atoms with van der Waals surface area (Å²) in [4.78, 5) is 0. The highest BCUT2D eigenvalue weighted by Crippen LogP contribution is 2.25. The second-order valence-electron chi connectivity index (χ2n) is 4.22. The molecule has 0 amide bonds. The molecule has 0 radical (unpaired) electrons. The van der Waals surface area contributed by atoms with Crippen molar-refractivity contribution in [1.29, 1.82) is 0 Å². The van der Waals surface area contributed by atoms with Gasteiger partial charge >= 0.3 is 0 Å². The summed E-state index contributed by atoms with van der Waals surface area (Å²) < 4.78 is 6.60. The van der Waals surface area contributed by atoms with E-state index in [2.05, 4.69) is 15.9 Å². The Bertz CT molecular complexity index is 318. The van der Waals surface area contributed by atoms with Gasteiger partial charge in [0.1, 0.15) is 0 Å². The van der Waals surface area contributed by atoms with Gasteiger partial charge in [-0.2, -0.15) is 0 Å². The molecule has 3 heteroatoms. The highest BCUT2D eigenvalue weighted by Gasteiger charge is 2.11. The molecule has 14 heavy (non-hydrogen) atoms. The molecule has 0 atom stereocenters. The van der Waals surface area contributed by atoms with Crippen molar-refractivity contribution in [2.45, 2.75) is 33.0 Å². The van der Waals surface area contributed by atoms with Crippen molar-refractivity contribution in [3.8, 4) is 0 Å². The first-order chi connectivity index (χ1) is 6.40. The highest BCUT2D eigenvalue weighted by atomic mass is 79.9. The van der Waals surface area contributed by atoms with Crippen molar-refractivity contribution in [3.05, 3.63) is 28.2 Å². The van der Waals surface area contributed by atoms with Crippen molar-refractivity contribution < 1.29 is 4.74 Å². The van der Waals surface area contributed by atoms with Crippen LogP contribution >= 0.6 is 15.9 Å². The normalized spacial score (nSPS) is 11.7. The quantitative estimate of drug-likeness (QED) is 0.825. The summed E-state index contributed by atoms with van der Waals surface area (Å²) in [6.07, 6.45) is 0. The molecular formula is C11H16BrNO. The Balaban J connectivity index is 2.73. The number of ether oxygens (including phenoxy) is 1. The van der Waals surface area contributed by atoms with Crippen LogP contribution in [0.5, 0.6) is 0 Å². The summed E-state index contributed by atoms with van der Waals surface area (Å²) in [5.41, 5.74) is 7.47. The van der Waals surface area contributed by atoms with Crippen LogP contribution < -0.4 is 5.73 Å². The Kier molecular flexibility index (Phi) is 3.56. The van der Waals surface area contributed by atoms with Gasteiger partial charge in [-0.3, -0.25) is 0 Å². The monoisotopic (exact) mass is 257 g/mol. The maximum atomic E-state index is 5.76. The lowest BCUT2D eigenvalue weighted by Gasteiger charge is -2.20. The van der Waals surface area contributed by atoms with Crippen LogP contribution in [0.1, 0.15) is 26.3 Å². The Labute approximate surface area is 93.6 Å². The van der Waals surface area contributed by atoms with Crippen molar-refractivity contribution in [2.75, 3.05) is 5.73 Å². The third-order valence-corrected chi connectivity index (χ3v) is 2.74. The second kappa shape index (κ2) is 4.32. The fraction of sp³-hybridized carbons (Fsp3) is 0.455. The maximum absolute atomic E-state index is 5.76. The van der Waals surface area contributed by atoms with E-state index in [1.165, 1.54) is 0 Å². The highest BCUT2D eigenvalue weighted by molar-refractivity contribution is 9.10. The van der Waals surface area contributed by atoms with Gasteiger partial charge in [0, 0.05) is 10.2 Å². The van der Waals surface area contributed by atoms with Crippen LogP contribution in [0.4, 0.5) is 5.69 Å². The van der Waals surface area contributed by atoms with Gasteiger partial charge in [0.15, 0.2) is 0 Å². The number of anilines is 1. The third-order valence-electron chi connectivity index (χ3n) is 1.77. The number of nitrogen functional groups attached to an aromatic ring is 1. The van der Waals surface area contributed by atoms with E-state index in [9.17, 15) is 0 Å². The van der Waals surface area contributed by atoms with E-state index in [0.717, 1.165) is 15.7 Å². The minimum atomic E-state index is -0.121. The minimum absolute atomic E-state index is 0.121. The molecule has 0 unspecified atom stereocenters. The summed E-state index contributed by atoms with van der Waals surface area (Å²) in [5.74, 6) is 0. The topological polar surface area (TPSA) is 35.2 Å². The molecule has 0 aliphatic heterocycles. The third kappa shape index (κ3) is 3.31. The van der Waals surface area contributed by atoms with Crippen molar-refractivity contribution in [3.63, 3.8) is 0 Å². The summed E-state index contributed by atoms with van der Waals surface area (Å²) in [7, 11) is 0. The van der Waals surface area contributed by atoms with E-state index in [-0.39, 0.29) is 5.60 Å². The zero-order chi connectivity index (χ0) is 10.8. The first kappa shape index (κ1) is 11.5. The molecule has 78 valence electrons. The molecule has 0 aliphatic carbocycles. The number of hydrogen-bond donors (Lipinski definition) is 1. The first-order valence-corrected chi connectivity index (χ1v) is 5.36. The van der Waals surface area contributed by atoms with Gasteiger partial charge in [-0.1, -0.05) is 12.1 Å². The summed E-state index contributed by atoms with van der Waals surface area (Å²) >= 11 is 3.44. The molecule has 0 aliphatic rings. The number of halogens is 1. The largest absolute Gasteiger partial charge is 0.398 e. The lowest BCUT2D eigenvalue weighted by Crippen LogP contribution is -2.18. The zero-order valence-corrected chi connectivity index (χ0v) is 10.4. The molecule has 0 fully saturated rings. The van der Waals surface area contributed by atoms with E-state index >= 15 is 0 Å². The fourth-order valence-corrected chi connectivity index (χ4v) is 1.38. The predicted molar refractivity (Wildman–Crippen MR) is 63.1 cm³/mol. The molecule has 0 saturated carbocycles. The summed E-state index contributed by atoms with van der Waals surface area (Å²) in [5, 5.41) is 0. The molecule has 1 aromatic carbocycles. The van der Waals surface area contributed by atoms with E-state index < -0.39 is 0 Å². The predicted octanol–water partition coefficient (Wildman–Crippen LogP) is 3.35. The number of rotatable bonds is 2. The van der Waals surface area contributed by atoms with Crippen LogP contribution in [0.25, 0.3) is 0 Å². The lowest BCUT2D eigenvalue weighted by atomic mass is 10.1. The number of nitrogens with two attached hydrogens (primary N) is 1. The van der Waals surface area contributed by atoms with Crippen molar-refractivity contribution in [1.82, 2.24) is 0 Å². The number of hydrogen-bond acceptors (Lipinski definition) is 2. The van der Waals surface area contributed by atoms with Crippen LogP contribution in [0.3, 0.4) is 0 Å². The van der Waals surface area contributed by atoms with Crippen LogP contribution in [-0.2, 0) is 11.3 Å². The van der Waals surface area contributed by atoms with Gasteiger partial charge in [0.2, 0.25) is 0 Å². The Morgan fingerprint density at radius 2 is 2.00 bits per heavy atom. The molecule has 2 N–H and O–H groups in total. The van der Waals surface area contributed by atoms with Crippen LogP contribution in [0.15, 0.2) is 22.7 Å². The SMILES string of the molecule is CC(C)(C)OCc1cccc(N)c1Br. The molecular weight excluding hydrogens is 242 g/mol. The van der Waals surface area contributed by atoms with Gasteiger partial charge in [-0.25, -0.2) is 0 Å². The van der Waals surface area contributed by atoms with E-state index in [0.29, 0.717) is 6.61 Å². The number of benzene rings is 1. The van der Waals surface area contributed by atoms with Crippen LogP contribution in [0, 0.1) is 0 Å². The maximum Gasteiger partial charge on any atom is 0.0735 e. The Hall–Kier alpha value is -0.540. The van der Waals surface area contributed by atoms with Crippen LogP contribution in [0.2, 0.25) is 0 Å². The van der Waals surface area contributed by atoms with E-state index in [1.54, 1.807) is 0 Å². The molecule has 0 heterocycles. The average molecular weight is 258 g/mol. The van der Waals surface area contributed by atoms with Gasteiger partial charge < -0.3 is 10.5 Å². The first-order valence-electron chi connectivity index (χ1n) is 4.57. The Morgan fingerprint density at radius 1 is 1.36 bits per heavy atom. The lowest BCUT2D eigenvalue weighted by molar-refractivity contribution is -0.0151. The van der Waals surface area contributed by atoms with E-state index in [4.69, 9.17) is 10.5 Å². The molecule has 1 aromatic rings. The molecule has 1 rings (SSSR count). The smallest absolute Gasteiger partial charge is 0.0735 e. The molecule has 0 spiro atoms. The summed E-state index contributed by atoms with van der Waals surface area (Å²) in [6.45, 7) is 6.68. The second-order valence-corrected chi connectivity index (χ2v) is 5.01. The van der Waals surface area contributed by atoms with Gasteiger partial charge in [-0.05, 0) is 48.3 Å². The van der Waals surface area contributed by atoms with Gasteiger partial charge in [-0.15, -0.1) is 0 Å². The molecule has 0 aromatic heterocycles. The van der Waals surface area contributed by atoms with Gasteiger partial charge in [0.25, 0.3) is 0 Å². The van der Waals surface area contributed by atoms with E-state index in [1.807, 2.05) is 39.0 Å². The minimum Gasteiger partial charge on any atom is -0.398 e. The fourth-order valence-electron chi connectivity index (χ4n) is 1.01. The Morgan fingerprint density at radius 3 is 2.57 bits per heavy atom. The molecule has 2 nitrogen and oxygen atoms in total.